The molecular formula is C20H18BrF4N3. The zero-order valence-corrected chi connectivity index (χ0v) is 16.8. The molecule has 28 heavy (non-hydrogen) atoms. The van der Waals surface area contributed by atoms with E-state index >= 15 is 0 Å². The molecule has 2 aromatic carbocycles. The Labute approximate surface area is 167 Å². The highest BCUT2D eigenvalue weighted by Gasteiger charge is 2.41. The maximum Gasteiger partial charge on any atom is 0.257 e. The molecule has 0 saturated heterocycles. The van der Waals surface area contributed by atoms with Gasteiger partial charge in [-0.25, -0.2) is 17.6 Å². The maximum atomic E-state index is 14.9. The lowest BCUT2D eigenvalue weighted by Gasteiger charge is -2.43. The molecule has 1 aromatic heterocycles. The zero-order chi connectivity index (χ0) is 20.2. The molecule has 3 nitrogen and oxygen atoms in total. The number of nitrogens with zero attached hydrogens (tertiary/aromatic N) is 2. The Morgan fingerprint density at radius 3 is 2.57 bits per heavy atom. The monoisotopic (exact) mass is 455 g/mol. The van der Waals surface area contributed by atoms with Gasteiger partial charge in [-0.3, -0.25) is 10.00 Å². The van der Waals surface area contributed by atoms with Crippen molar-refractivity contribution < 1.29 is 17.6 Å². The van der Waals surface area contributed by atoms with E-state index in [2.05, 4.69) is 26.1 Å². The van der Waals surface area contributed by atoms with Crippen molar-refractivity contribution in [3.63, 3.8) is 0 Å². The van der Waals surface area contributed by atoms with Gasteiger partial charge in [-0.1, -0.05) is 22.0 Å². The van der Waals surface area contributed by atoms with Gasteiger partial charge in [-0.15, -0.1) is 0 Å². The Hall–Kier alpha value is -1.93. The summed E-state index contributed by atoms with van der Waals surface area (Å²) in [6.07, 6.45) is 2.15. The normalized spacial score (nSPS) is 20.5. The van der Waals surface area contributed by atoms with Crippen LogP contribution in [0.5, 0.6) is 0 Å². The summed E-state index contributed by atoms with van der Waals surface area (Å²) in [7, 11) is 0. The minimum Gasteiger partial charge on any atom is -0.283 e. The Bertz CT molecular complexity index is 1020. The number of nitrogens with one attached hydrogen (secondary N) is 1. The molecule has 3 aromatic rings. The molecule has 0 amide bonds. The van der Waals surface area contributed by atoms with Crippen LogP contribution in [-0.4, -0.2) is 33.6 Å². The van der Waals surface area contributed by atoms with Crippen molar-refractivity contribution in [2.75, 3.05) is 6.54 Å². The molecule has 4 rings (SSSR count). The number of halogens is 5. The SMILES string of the molecule is C[C@@H]1Cc2c(ccc3[nH]ncc23)[C@@H](c2c(F)cc(Br)cc2F)N1CC(C)(F)F. The van der Waals surface area contributed by atoms with Crippen molar-refractivity contribution in [3.05, 3.63) is 63.3 Å². The molecule has 0 aliphatic carbocycles. The molecule has 1 N–H and O–H groups in total. The first-order valence-electron chi connectivity index (χ1n) is 8.88. The van der Waals surface area contributed by atoms with E-state index in [0.29, 0.717) is 12.0 Å². The van der Waals surface area contributed by atoms with Gasteiger partial charge in [0.05, 0.1) is 24.3 Å². The summed E-state index contributed by atoms with van der Waals surface area (Å²) >= 11 is 3.08. The predicted octanol–water partition coefficient (Wildman–Crippen LogP) is 5.59. The summed E-state index contributed by atoms with van der Waals surface area (Å²) in [5.41, 5.74) is 2.08. The van der Waals surface area contributed by atoms with Crippen LogP contribution < -0.4 is 0 Å². The predicted molar refractivity (Wildman–Crippen MR) is 102 cm³/mol. The van der Waals surface area contributed by atoms with Gasteiger partial charge in [0.15, 0.2) is 0 Å². The van der Waals surface area contributed by atoms with Gasteiger partial charge < -0.3 is 0 Å². The summed E-state index contributed by atoms with van der Waals surface area (Å²) in [5, 5.41) is 7.77. The van der Waals surface area contributed by atoms with Crippen LogP contribution in [0.1, 0.15) is 36.6 Å². The minimum absolute atomic E-state index is 0.219. The number of hydrogen-bond donors (Lipinski definition) is 1. The number of aromatic amines is 1. The van der Waals surface area contributed by atoms with E-state index in [9.17, 15) is 17.6 Å². The standard InChI is InChI=1S/C20H18BrF4N3/c1-10-5-13-12(3-4-17-14(13)8-26-27-17)19(28(10)9-20(2,24)25)18-15(22)6-11(21)7-16(18)23/h3-4,6-8,10,19H,5,9H2,1-2H3,(H,26,27)/t10-,19+/m1/s1. The van der Waals surface area contributed by atoms with Gasteiger partial charge in [0, 0.05) is 28.4 Å². The van der Waals surface area contributed by atoms with E-state index in [1.54, 1.807) is 25.3 Å². The number of benzene rings is 2. The van der Waals surface area contributed by atoms with Gasteiger partial charge in [-0.05, 0) is 42.7 Å². The third kappa shape index (κ3) is 3.33. The second kappa shape index (κ2) is 6.84. The van der Waals surface area contributed by atoms with Gasteiger partial charge in [0.25, 0.3) is 5.92 Å². The molecule has 0 bridgehead atoms. The van der Waals surface area contributed by atoms with Crippen LogP contribution in [0.3, 0.4) is 0 Å². The molecule has 0 spiro atoms. The average molecular weight is 456 g/mol. The fourth-order valence-electron chi connectivity index (χ4n) is 4.13. The Morgan fingerprint density at radius 2 is 1.93 bits per heavy atom. The average Bonchev–Trinajstić information content (AvgIpc) is 3.04. The van der Waals surface area contributed by atoms with Crippen LogP contribution in [0.2, 0.25) is 0 Å². The Kier molecular flexibility index (Phi) is 4.74. The molecule has 2 heterocycles. The fraction of sp³-hybridized carbons (Fsp3) is 0.350. The van der Waals surface area contributed by atoms with Crippen molar-refractivity contribution in [1.29, 1.82) is 0 Å². The molecule has 1 aliphatic heterocycles. The van der Waals surface area contributed by atoms with Gasteiger partial charge in [0.2, 0.25) is 0 Å². The lowest BCUT2D eigenvalue weighted by molar-refractivity contribution is -0.0370. The summed E-state index contributed by atoms with van der Waals surface area (Å²) < 4.78 is 57.9. The summed E-state index contributed by atoms with van der Waals surface area (Å²) in [4.78, 5) is 1.49. The van der Waals surface area contributed by atoms with Crippen LogP contribution in [0, 0.1) is 11.6 Å². The Morgan fingerprint density at radius 1 is 1.25 bits per heavy atom. The largest absolute Gasteiger partial charge is 0.283 e. The smallest absolute Gasteiger partial charge is 0.257 e. The number of alkyl halides is 2. The quantitative estimate of drug-likeness (QED) is 0.521. The molecule has 8 heteroatoms. The van der Waals surface area contributed by atoms with E-state index < -0.39 is 30.1 Å². The number of rotatable bonds is 3. The van der Waals surface area contributed by atoms with Crippen LogP contribution in [0.25, 0.3) is 10.9 Å². The third-order valence-electron chi connectivity index (χ3n) is 5.24. The van der Waals surface area contributed by atoms with Crippen molar-refractivity contribution in [3.8, 4) is 0 Å². The van der Waals surface area contributed by atoms with Crippen LogP contribution >= 0.6 is 15.9 Å². The summed E-state index contributed by atoms with van der Waals surface area (Å²) in [6.45, 7) is 2.02. The van der Waals surface area contributed by atoms with Crippen molar-refractivity contribution in [2.24, 2.45) is 0 Å². The molecule has 0 unspecified atom stereocenters. The van der Waals surface area contributed by atoms with Crippen molar-refractivity contribution in [2.45, 2.75) is 38.3 Å². The highest BCUT2D eigenvalue weighted by molar-refractivity contribution is 9.10. The topological polar surface area (TPSA) is 31.9 Å². The van der Waals surface area contributed by atoms with E-state index in [1.165, 1.54) is 4.90 Å². The van der Waals surface area contributed by atoms with E-state index in [0.717, 1.165) is 35.5 Å². The Balaban J connectivity index is 1.97. The number of aromatic nitrogens is 2. The molecule has 0 fully saturated rings. The van der Waals surface area contributed by atoms with E-state index in [-0.39, 0.29) is 16.1 Å². The summed E-state index contributed by atoms with van der Waals surface area (Å²) in [6, 6.07) is 4.53. The fourth-order valence-corrected chi connectivity index (χ4v) is 4.53. The van der Waals surface area contributed by atoms with Crippen molar-refractivity contribution in [1.82, 2.24) is 15.1 Å². The molecular weight excluding hydrogens is 438 g/mol. The van der Waals surface area contributed by atoms with Gasteiger partial charge in [-0.2, -0.15) is 5.10 Å². The van der Waals surface area contributed by atoms with Crippen LogP contribution in [0.15, 0.2) is 34.9 Å². The number of hydrogen-bond acceptors (Lipinski definition) is 2. The first-order valence-corrected chi connectivity index (χ1v) is 9.68. The second-order valence-corrected chi connectivity index (χ2v) is 8.36. The first kappa shape index (κ1) is 19.4. The van der Waals surface area contributed by atoms with E-state index in [1.807, 2.05) is 0 Å². The van der Waals surface area contributed by atoms with Gasteiger partial charge >= 0.3 is 0 Å². The molecule has 148 valence electrons. The lowest BCUT2D eigenvalue weighted by atomic mass is 9.83. The molecule has 0 radical (unpaired) electrons. The first-order chi connectivity index (χ1) is 13.2. The van der Waals surface area contributed by atoms with Crippen LogP contribution in [-0.2, 0) is 6.42 Å². The number of H-pyrrole nitrogens is 1. The minimum atomic E-state index is -3.01. The zero-order valence-electron chi connectivity index (χ0n) is 15.2. The highest BCUT2D eigenvalue weighted by Crippen LogP contribution is 2.43. The number of fused-ring (bicyclic) bond motifs is 3. The maximum absolute atomic E-state index is 14.9. The van der Waals surface area contributed by atoms with Gasteiger partial charge in [0.1, 0.15) is 11.6 Å². The van der Waals surface area contributed by atoms with Crippen molar-refractivity contribution >= 4 is 26.8 Å². The third-order valence-corrected chi connectivity index (χ3v) is 5.70. The highest BCUT2D eigenvalue weighted by atomic mass is 79.9. The molecule has 1 aliphatic rings. The second-order valence-electron chi connectivity index (χ2n) is 7.45. The lowest BCUT2D eigenvalue weighted by Crippen LogP contribution is -2.48. The van der Waals surface area contributed by atoms with Crippen LogP contribution in [0.4, 0.5) is 17.6 Å². The molecule has 2 atom stereocenters. The van der Waals surface area contributed by atoms with E-state index in [4.69, 9.17) is 0 Å². The molecule has 0 saturated carbocycles. The summed E-state index contributed by atoms with van der Waals surface area (Å²) in [5.74, 6) is -4.55.